The molecule has 23 heavy (non-hydrogen) atoms. The van der Waals surface area contributed by atoms with Crippen LogP contribution in [0.4, 0.5) is 0 Å². The second-order valence-corrected chi connectivity index (χ2v) is 6.47. The molecule has 1 aromatic heterocycles. The lowest BCUT2D eigenvalue weighted by Gasteiger charge is -2.11. The molecule has 0 saturated heterocycles. The molecule has 1 aliphatic rings. The van der Waals surface area contributed by atoms with Crippen molar-refractivity contribution in [2.75, 3.05) is 6.54 Å². The lowest BCUT2D eigenvalue weighted by molar-refractivity contribution is -0.138. The van der Waals surface area contributed by atoms with E-state index in [1.165, 1.54) is 29.3 Å². The largest absolute Gasteiger partial charge is 0.481 e. The summed E-state index contributed by atoms with van der Waals surface area (Å²) in [6, 6.07) is 14.3. The lowest BCUT2D eigenvalue weighted by atomic mass is 9.97. The number of para-hydroxylation sites is 1. The van der Waals surface area contributed by atoms with Gasteiger partial charge in [-0.2, -0.15) is 0 Å². The zero-order valence-electron chi connectivity index (χ0n) is 12.9. The van der Waals surface area contributed by atoms with E-state index in [2.05, 4.69) is 28.8 Å². The number of rotatable bonds is 5. The van der Waals surface area contributed by atoms with Crippen LogP contribution in [0.2, 0.25) is 0 Å². The normalized spacial score (nSPS) is 16.0. The van der Waals surface area contributed by atoms with Gasteiger partial charge in [-0.3, -0.25) is 4.79 Å². The predicted octanol–water partition coefficient (Wildman–Crippen LogP) is 3.33. The summed E-state index contributed by atoms with van der Waals surface area (Å²) < 4.78 is 2.38. The van der Waals surface area contributed by atoms with E-state index >= 15 is 0 Å². The summed E-state index contributed by atoms with van der Waals surface area (Å²) in [7, 11) is 0. The van der Waals surface area contributed by atoms with E-state index in [0.717, 1.165) is 23.4 Å². The highest BCUT2D eigenvalue weighted by Gasteiger charge is 2.24. The number of fused-ring (bicyclic) bond motifs is 3. The van der Waals surface area contributed by atoms with Crippen LogP contribution in [0.5, 0.6) is 0 Å². The summed E-state index contributed by atoms with van der Waals surface area (Å²) in [6.45, 7) is 1.16. The van der Waals surface area contributed by atoms with Crippen LogP contribution in [0.1, 0.15) is 24.3 Å². The SMILES string of the molecule is NCC(C(=O)O)c1ccc2c(c1)c1ccccc1n2CC1CC1. The summed E-state index contributed by atoms with van der Waals surface area (Å²) in [4.78, 5) is 11.4. The Hall–Kier alpha value is -2.33. The van der Waals surface area contributed by atoms with Gasteiger partial charge in [0.2, 0.25) is 0 Å². The van der Waals surface area contributed by atoms with Gasteiger partial charge in [-0.25, -0.2) is 0 Å². The van der Waals surface area contributed by atoms with Gasteiger partial charge in [0.15, 0.2) is 0 Å². The molecule has 1 atom stereocenters. The molecule has 1 aliphatic carbocycles. The van der Waals surface area contributed by atoms with Crippen molar-refractivity contribution in [3.8, 4) is 0 Å². The molecule has 0 spiro atoms. The highest BCUT2D eigenvalue weighted by atomic mass is 16.4. The number of carbonyl (C=O) groups is 1. The van der Waals surface area contributed by atoms with Crippen molar-refractivity contribution in [1.29, 1.82) is 0 Å². The molecule has 4 nitrogen and oxygen atoms in total. The first kappa shape index (κ1) is 14.3. The van der Waals surface area contributed by atoms with E-state index in [9.17, 15) is 9.90 Å². The Kier molecular flexibility index (Phi) is 3.34. The first-order valence-electron chi connectivity index (χ1n) is 8.13. The van der Waals surface area contributed by atoms with E-state index in [1.54, 1.807) is 0 Å². The third-order valence-electron chi connectivity index (χ3n) is 4.87. The number of nitrogens with two attached hydrogens (primary N) is 1. The van der Waals surface area contributed by atoms with Gasteiger partial charge in [-0.1, -0.05) is 24.3 Å². The topological polar surface area (TPSA) is 68.2 Å². The maximum Gasteiger partial charge on any atom is 0.312 e. The molecule has 1 unspecified atom stereocenters. The molecule has 118 valence electrons. The summed E-state index contributed by atoms with van der Waals surface area (Å²) in [6.07, 6.45) is 2.61. The van der Waals surface area contributed by atoms with Crippen molar-refractivity contribution >= 4 is 27.8 Å². The fourth-order valence-corrected chi connectivity index (χ4v) is 3.42. The first-order valence-corrected chi connectivity index (χ1v) is 8.13. The van der Waals surface area contributed by atoms with Gasteiger partial charge in [0, 0.05) is 34.9 Å². The number of benzene rings is 2. The number of hydrogen-bond donors (Lipinski definition) is 2. The number of carboxylic acid groups (broad SMARTS) is 1. The molecule has 3 aromatic rings. The highest BCUT2D eigenvalue weighted by molar-refractivity contribution is 6.08. The van der Waals surface area contributed by atoms with Gasteiger partial charge < -0.3 is 15.4 Å². The fourth-order valence-electron chi connectivity index (χ4n) is 3.42. The molecule has 0 bridgehead atoms. The van der Waals surface area contributed by atoms with E-state index in [1.807, 2.05) is 18.2 Å². The zero-order valence-corrected chi connectivity index (χ0v) is 12.9. The number of nitrogens with zero attached hydrogens (tertiary/aromatic N) is 1. The predicted molar refractivity (Wildman–Crippen MR) is 91.6 cm³/mol. The second-order valence-electron chi connectivity index (χ2n) is 6.47. The van der Waals surface area contributed by atoms with Crippen molar-refractivity contribution in [3.63, 3.8) is 0 Å². The Morgan fingerprint density at radius 3 is 2.61 bits per heavy atom. The van der Waals surface area contributed by atoms with Gasteiger partial charge in [-0.05, 0) is 42.5 Å². The Morgan fingerprint density at radius 1 is 1.17 bits per heavy atom. The molecule has 2 aromatic carbocycles. The lowest BCUT2D eigenvalue weighted by Crippen LogP contribution is -2.21. The van der Waals surface area contributed by atoms with Crippen LogP contribution >= 0.6 is 0 Å². The maximum absolute atomic E-state index is 11.4. The average molecular weight is 308 g/mol. The summed E-state index contributed by atoms with van der Waals surface area (Å²) >= 11 is 0. The summed E-state index contributed by atoms with van der Waals surface area (Å²) in [5.41, 5.74) is 8.85. The quantitative estimate of drug-likeness (QED) is 0.759. The Morgan fingerprint density at radius 2 is 1.91 bits per heavy atom. The van der Waals surface area contributed by atoms with Crippen LogP contribution in [0.25, 0.3) is 21.8 Å². The molecule has 1 fully saturated rings. The van der Waals surface area contributed by atoms with Crippen molar-refractivity contribution in [1.82, 2.24) is 4.57 Å². The van der Waals surface area contributed by atoms with Gasteiger partial charge in [-0.15, -0.1) is 0 Å². The van der Waals surface area contributed by atoms with Crippen LogP contribution in [0.3, 0.4) is 0 Å². The number of aliphatic carboxylic acids is 1. The maximum atomic E-state index is 11.4. The molecular weight excluding hydrogens is 288 g/mol. The van der Waals surface area contributed by atoms with Crippen molar-refractivity contribution in [2.45, 2.75) is 25.3 Å². The van der Waals surface area contributed by atoms with Crippen LogP contribution in [-0.4, -0.2) is 22.2 Å². The number of aromatic nitrogens is 1. The monoisotopic (exact) mass is 308 g/mol. The Balaban J connectivity index is 1.93. The van der Waals surface area contributed by atoms with Gasteiger partial charge in [0.1, 0.15) is 0 Å². The van der Waals surface area contributed by atoms with Crippen LogP contribution < -0.4 is 5.73 Å². The number of carboxylic acids is 1. The van der Waals surface area contributed by atoms with Crippen LogP contribution in [-0.2, 0) is 11.3 Å². The highest BCUT2D eigenvalue weighted by Crippen LogP contribution is 2.36. The van der Waals surface area contributed by atoms with E-state index in [0.29, 0.717) is 0 Å². The Labute approximate surface area is 134 Å². The third-order valence-corrected chi connectivity index (χ3v) is 4.87. The van der Waals surface area contributed by atoms with Crippen LogP contribution in [0, 0.1) is 5.92 Å². The summed E-state index contributed by atoms with van der Waals surface area (Å²) in [5.74, 6) is -0.733. The second kappa shape index (κ2) is 5.39. The zero-order chi connectivity index (χ0) is 16.0. The van der Waals surface area contributed by atoms with Gasteiger partial charge >= 0.3 is 5.97 Å². The van der Waals surface area contributed by atoms with Crippen molar-refractivity contribution in [3.05, 3.63) is 48.0 Å². The minimum atomic E-state index is -0.867. The molecule has 4 rings (SSSR count). The molecular formula is C19H20N2O2. The van der Waals surface area contributed by atoms with E-state index < -0.39 is 11.9 Å². The van der Waals surface area contributed by atoms with Crippen molar-refractivity contribution < 1.29 is 9.90 Å². The smallest absolute Gasteiger partial charge is 0.312 e. The molecule has 0 aliphatic heterocycles. The average Bonchev–Trinajstić information content (AvgIpc) is 3.32. The molecule has 4 heteroatoms. The molecule has 3 N–H and O–H groups in total. The van der Waals surface area contributed by atoms with Crippen molar-refractivity contribution in [2.24, 2.45) is 11.7 Å². The first-order chi connectivity index (χ1) is 11.2. The minimum Gasteiger partial charge on any atom is -0.481 e. The Bertz CT molecular complexity index is 893. The molecule has 1 heterocycles. The van der Waals surface area contributed by atoms with Crippen LogP contribution in [0.15, 0.2) is 42.5 Å². The third kappa shape index (κ3) is 2.39. The minimum absolute atomic E-state index is 0.113. The fraction of sp³-hybridized carbons (Fsp3) is 0.316. The summed E-state index contributed by atoms with van der Waals surface area (Å²) in [5, 5.41) is 11.7. The van der Waals surface area contributed by atoms with Gasteiger partial charge in [0.25, 0.3) is 0 Å². The van der Waals surface area contributed by atoms with E-state index in [-0.39, 0.29) is 6.54 Å². The standard InChI is InChI=1S/C19H20N2O2/c20-10-16(19(22)23)13-7-8-18-15(9-13)14-3-1-2-4-17(14)21(18)11-12-5-6-12/h1-4,7-9,12,16H,5-6,10-11,20H2,(H,22,23). The molecule has 1 saturated carbocycles. The molecule has 0 radical (unpaired) electrons. The molecule has 0 amide bonds. The van der Waals surface area contributed by atoms with Gasteiger partial charge in [0.05, 0.1) is 5.92 Å². The van der Waals surface area contributed by atoms with E-state index in [4.69, 9.17) is 5.73 Å². The number of hydrogen-bond acceptors (Lipinski definition) is 2.